The number of primary amides is 1. The Bertz CT molecular complexity index is 133. The summed E-state index contributed by atoms with van der Waals surface area (Å²) in [5, 5.41) is 0. The van der Waals surface area contributed by atoms with Crippen LogP contribution in [0.3, 0.4) is 0 Å². The van der Waals surface area contributed by atoms with Gasteiger partial charge in [0.15, 0.2) is 0 Å². The maximum absolute atomic E-state index is 10.8. The molecule has 0 unspecified atom stereocenters. The average Bonchev–Trinajstić information content (AvgIpc) is 2.33. The molecule has 2 nitrogen and oxygen atoms in total. The van der Waals surface area contributed by atoms with E-state index in [0.717, 1.165) is 12.8 Å². The zero-order valence-electron chi connectivity index (χ0n) is 6.47. The molecule has 2 N–H and O–H groups in total. The standard InChI is InChI=1S/C8H15NO/c1-2-6-4-3-5-7(6)8(9)10/h6-7H,2-5H2,1H3,(H2,9,10)/t6-,7-/m0/s1. The van der Waals surface area contributed by atoms with Gasteiger partial charge < -0.3 is 5.73 Å². The van der Waals surface area contributed by atoms with Gasteiger partial charge in [0.25, 0.3) is 0 Å². The van der Waals surface area contributed by atoms with E-state index < -0.39 is 0 Å². The van der Waals surface area contributed by atoms with E-state index in [4.69, 9.17) is 5.73 Å². The Kier molecular flexibility index (Phi) is 2.30. The van der Waals surface area contributed by atoms with E-state index in [9.17, 15) is 4.79 Å². The largest absolute Gasteiger partial charge is 0.369 e. The van der Waals surface area contributed by atoms with Crippen LogP contribution in [0.5, 0.6) is 0 Å². The molecule has 0 bridgehead atoms. The van der Waals surface area contributed by atoms with E-state index in [1.165, 1.54) is 12.8 Å². The number of carbonyl (C=O) groups is 1. The summed E-state index contributed by atoms with van der Waals surface area (Å²) in [5.41, 5.74) is 5.22. The second-order valence-corrected chi connectivity index (χ2v) is 3.11. The van der Waals surface area contributed by atoms with Crippen LogP contribution in [0, 0.1) is 11.8 Å². The quantitative estimate of drug-likeness (QED) is 0.618. The Morgan fingerprint density at radius 1 is 1.60 bits per heavy atom. The third-order valence-electron chi connectivity index (χ3n) is 2.55. The molecule has 58 valence electrons. The molecule has 2 heteroatoms. The van der Waals surface area contributed by atoms with Crippen LogP contribution in [0.25, 0.3) is 0 Å². The fraction of sp³-hybridized carbons (Fsp3) is 0.875. The highest BCUT2D eigenvalue weighted by molar-refractivity contribution is 5.77. The van der Waals surface area contributed by atoms with E-state index in [1.807, 2.05) is 0 Å². The SMILES string of the molecule is CC[C@H]1CCC[C@@H]1C(N)=O. The smallest absolute Gasteiger partial charge is 0.220 e. The van der Waals surface area contributed by atoms with Gasteiger partial charge in [0.1, 0.15) is 0 Å². The zero-order valence-corrected chi connectivity index (χ0v) is 6.47. The molecule has 10 heavy (non-hydrogen) atoms. The predicted octanol–water partition coefficient (Wildman–Crippen LogP) is 1.30. The first-order valence-corrected chi connectivity index (χ1v) is 4.05. The minimum absolute atomic E-state index is 0.0932. The van der Waals surface area contributed by atoms with Crippen molar-refractivity contribution in [2.75, 3.05) is 0 Å². The molecule has 0 aromatic heterocycles. The summed E-state index contributed by atoms with van der Waals surface area (Å²) in [6, 6.07) is 0. The van der Waals surface area contributed by atoms with Gasteiger partial charge in [-0.25, -0.2) is 0 Å². The molecular weight excluding hydrogens is 126 g/mol. The van der Waals surface area contributed by atoms with Gasteiger partial charge in [-0.1, -0.05) is 19.8 Å². The van der Waals surface area contributed by atoms with Crippen LogP contribution in [0.4, 0.5) is 0 Å². The van der Waals surface area contributed by atoms with Gasteiger partial charge in [0.2, 0.25) is 5.91 Å². The van der Waals surface area contributed by atoms with Gasteiger partial charge in [0.05, 0.1) is 0 Å². The molecule has 0 radical (unpaired) electrons. The Morgan fingerprint density at radius 3 is 2.70 bits per heavy atom. The van der Waals surface area contributed by atoms with Gasteiger partial charge in [-0.2, -0.15) is 0 Å². The Morgan fingerprint density at radius 2 is 2.30 bits per heavy atom. The van der Waals surface area contributed by atoms with Gasteiger partial charge >= 0.3 is 0 Å². The van der Waals surface area contributed by atoms with E-state index in [1.54, 1.807) is 0 Å². The minimum atomic E-state index is -0.0932. The molecule has 1 aliphatic carbocycles. The monoisotopic (exact) mass is 141 g/mol. The topological polar surface area (TPSA) is 43.1 Å². The second-order valence-electron chi connectivity index (χ2n) is 3.11. The zero-order chi connectivity index (χ0) is 7.56. The fourth-order valence-electron chi connectivity index (χ4n) is 1.90. The van der Waals surface area contributed by atoms with Crippen LogP contribution in [0.15, 0.2) is 0 Å². The van der Waals surface area contributed by atoms with Gasteiger partial charge in [-0.15, -0.1) is 0 Å². The van der Waals surface area contributed by atoms with Gasteiger partial charge in [-0.3, -0.25) is 4.79 Å². The van der Waals surface area contributed by atoms with Crippen LogP contribution in [-0.2, 0) is 4.79 Å². The van der Waals surface area contributed by atoms with Crippen molar-refractivity contribution in [2.45, 2.75) is 32.6 Å². The van der Waals surface area contributed by atoms with Crippen molar-refractivity contribution >= 4 is 5.91 Å². The minimum Gasteiger partial charge on any atom is -0.369 e. The summed E-state index contributed by atoms with van der Waals surface area (Å²) in [7, 11) is 0. The first-order valence-electron chi connectivity index (χ1n) is 4.05. The lowest BCUT2D eigenvalue weighted by atomic mass is 9.93. The molecular formula is C8H15NO. The van der Waals surface area contributed by atoms with Crippen molar-refractivity contribution < 1.29 is 4.79 Å². The molecule has 0 saturated heterocycles. The molecule has 2 atom stereocenters. The maximum Gasteiger partial charge on any atom is 0.220 e. The molecule has 0 aliphatic heterocycles. The molecule has 1 fully saturated rings. The van der Waals surface area contributed by atoms with Crippen LogP contribution in [0.1, 0.15) is 32.6 Å². The van der Waals surface area contributed by atoms with Crippen molar-refractivity contribution in [1.82, 2.24) is 0 Å². The fourth-order valence-corrected chi connectivity index (χ4v) is 1.90. The van der Waals surface area contributed by atoms with Crippen molar-refractivity contribution in [2.24, 2.45) is 17.6 Å². The number of amides is 1. The van der Waals surface area contributed by atoms with Gasteiger partial charge in [0, 0.05) is 5.92 Å². The van der Waals surface area contributed by atoms with Crippen LogP contribution in [-0.4, -0.2) is 5.91 Å². The molecule has 1 rings (SSSR count). The molecule has 0 spiro atoms. The van der Waals surface area contributed by atoms with Crippen molar-refractivity contribution in [3.63, 3.8) is 0 Å². The Hall–Kier alpha value is -0.530. The normalized spacial score (nSPS) is 32.5. The third-order valence-corrected chi connectivity index (χ3v) is 2.55. The lowest BCUT2D eigenvalue weighted by Gasteiger charge is -2.12. The highest BCUT2D eigenvalue weighted by Gasteiger charge is 2.29. The van der Waals surface area contributed by atoms with Crippen LogP contribution < -0.4 is 5.73 Å². The summed E-state index contributed by atoms with van der Waals surface area (Å²) < 4.78 is 0. The third kappa shape index (κ3) is 1.31. The highest BCUT2D eigenvalue weighted by atomic mass is 16.1. The van der Waals surface area contributed by atoms with Crippen LogP contribution >= 0.6 is 0 Å². The summed E-state index contributed by atoms with van der Waals surface area (Å²) in [4.78, 5) is 10.8. The number of carbonyl (C=O) groups excluding carboxylic acids is 1. The van der Waals surface area contributed by atoms with E-state index in [-0.39, 0.29) is 11.8 Å². The lowest BCUT2D eigenvalue weighted by Crippen LogP contribution is -2.25. The van der Waals surface area contributed by atoms with Crippen molar-refractivity contribution in [3.8, 4) is 0 Å². The van der Waals surface area contributed by atoms with E-state index in [2.05, 4.69) is 6.92 Å². The summed E-state index contributed by atoms with van der Waals surface area (Å²) in [6.07, 6.45) is 4.51. The molecule has 0 heterocycles. The van der Waals surface area contributed by atoms with Crippen LogP contribution in [0.2, 0.25) is 0 Å². The molecule has 1 saturated carbocycles. The molecule has 1 aliphatic rings. The Labute approximate surface area is 61.8 Å². The summed E-state index contributed by atoms with van der Waals surface area (Å²) in [6.45, 7) is 2.13. The number of rotatable bonds is 2. The van der Waals surface area contributed by atoms with Gasteiger partial charge in [-0.05, 0) is 18.8 Å². The Balaban J connectivity index is 2.50. The maximum atomic E-state index is 10.8. The number of hydrogen-bond donors (Lipinski definition) is 1. The summed E-state index contributed by atoms with van der Waals surface area (Å²) >= 11 is 0. The van der Waals surface area contributed by atoms with Crippen molar-refractivity contribution in [3.05, 3.63) is 0 Å². The average molecular weight is 141 g/mol. The first kappa shape index (κ1) is 7.58. The first-order chi connectivity index (χ1) is 4.75. The predicted molar refractivity (Wildman–Crippen MR) is 40.3 cm³/mol. The summed E-state index contributed by atoms with van der Waals surface area (Å²) in [5.74, 6) is 0.673. The molecule has 0 aromatic carbocycles. The van der Waals surface area contributed by atoms with Crippen molar-refractivity contribution in [1.29, 1.82) is 0 Å². The lowest BCUT2D eigenvalue weighted by molar-refractivity contribution is -0.122. The molecule has 0 aromatic rings. The van der Waals surface area contributed by atoms with E-state index in [0.29, 0.717) is 5.92 Å². The number of nitrogens with two attached hydrogens (primary N) is 1. The highest BCUT2D eigenvalue weighted by Crippen LogP contribution is 2.33. The van der Waals surface area contributed by atoms with E-state index >= 15 is 0 Å². The molecule has 1 amide bonds. The second kappa shape index (κ2) is 3.04. The number of hydrogen-bond acceptors (Lipinski definition) is 1.